The second kappa shape index (κ2) is 4.90. The molecule has 0 fully saturated rings. The number of hydrogen-bond acceptors (Lipinski definition) is 4. The minimum Gasteiger partial charge on any atom is -0.489 e. The van der Waals surface area contributed by atoms with E-state index in [1.54, 1.807) is 33.0 Å². The van der Waals surface area contributed by atoms with Crippen LogP contribution >= 0.6 is 0 Å². The molecule has 100 valence electrons. The predicted octanol–water partition coefficient (Wildman–Crippen LogP) is 0.949. The van der Waals surface area contributed by atoms with Crippen molar-refractivity contribution in [2.24, 2.45) is 0 Å². The maximum Gasteiger partial charge on any atom is 0.231 e. The molecule has 2 rings (SSSR count). The molecule has 0 atom stereocenters. The monoisotopic (exact) mass is 260 g/mol. The van der Waals surface area contributed by atoms with Crippen molar-refractivity contribution in [2.75, 3.05) is 18.6 Å². The summed E-state index contributed by atoms with van der Waals surface area (Å²) in [5, 5.41) is 9.57. The first-order chi connectivity index (χ1) is 8.87. The molecule has 1 aromatic heterocycles. The van der Waals surface area contributed by atoms with Gasteiger partial charge in [-0.15, -0.1) is 0 Å². The van der Waals surface area contributed by atoms with Crippen LogP contribution in [0.3, 0.4) is 0 Å². The molecule has 19 heavy (non-hydrogen) atoms. The Balaban J connectivity index is 2.39. The smallest absolute Gasteiger partial charge is 0.231 e. The number of fused-ring (bicyclic) bond motifs is 1. The quantitative estimate of drug-likeness (QED) is 0.705. The number of carbonyl (C=O) groups is 1. The lowest BCUT2D eigenvalue weighted by Crippen LogP contribution is -2.26. The van der Waals surface area contributed by atoms with Gasteiger partial charge in [0, 0.05) is 7.05 Å². The first kappa shape index (κ1) is 13.4. The first-order valence-corrected chi connectivity index (χ1v) is 6.03. The average Bonchev–Trinajstić information content (AvgIpc) is 2.47. The SMILES string of the molecule is CN1C(=O)CCOc2ccc(C#CC(C)(C)O)nc21. The van der Waals surface area contributed by atoms with Crippen LogP contribution in [0.5, 0.6) is 5.75 Å². The van der Waals surface area contributed by atoms with Gasteiger partial charge in [0.2, 0.25) is 5.91 Å². The Hall–Kier alpha value is -2.06. The number of pyridine rings is 1. The van der Waals surface area contributed by atoms with E-state index in [1.807, 2.05) is 0 Å². The molecule has 5 heteroatoms. The second-order valence-corrected chi connectivity index (χ2v) is 4.88. The minimum atomic E-state index is -1.08. The van der Waals surface area contributed by atoms with Crippen molar-refractivity contribution in [3.63, 3.8) is 0 Å². The van der Waals surface area contributed by atoms with Gasteiger partial charge < -0.3 is 9.84 Å². The molecule has 0 aliphatic carbocycles. The molecule has 0 aromatic carbocycles. The van der Waals surface area contributed by atoms with E-state index in [-0.39, 0.29) is 5.91 Å². The Morgan fingerprint density at radius 3 is 2.89 bits per heavy atom. The molecule has 1 aliphatic rings. The predicted molar refractivity (Wildman–Crippen MR) is 70.9 cm³/mol. The molecular weight excluding hydrogens is 244 g/mol. The third kappa shape index (κ3) is 3.24. The summed E-state index contributed by atoms with van der Waals surface area (Å²) in [6.07, 6.45) is 0.331. The summed E-state index contributed by atoms with van der Waals surface area (Å²) in [5.74, 6) is 6.46. The molecule has 0 radical (unpaired) electrons. The van der Waals surface area contributed by atoms with Crippen molar-refractivity contribution >= 4 is 11.7 Å². The van der Waals surface area contributed by atoms with Crippen LogP contribution in [0.1, 0.15) is 26.0 Å². The molecule has 0 unspecified atom stereocenters. The Bertz CT molecular complexity index is 564. The fourth-order valence-electron chi connectivity index (χ4n) is 1.61. The highest BCUT2D eigenvalue weighted by Crippen LogP contribution is 2.28. The van der Waals surface area contributed by atoms with Gasteiger partial charge in [-0.3, -0.25) is 9.69 Å². The summed E-state index contributed by atoms with van der Waals surface area (Å²) in [7, 11) is 1.66. The van der Waals surface area contributed by atoms with E-state index in [9.17, 15) is 9.90 Å². The number of ether oxygens (including phenoxy) is 1. The summed E-state index contributed by atoms with van der Waals surface area (Å²) < 4.78 is 5.47. The maximum atomic E-state index is 11.7. The zero-order chi connectivity index (χ0) is 14.0. The van der Waals surface area contributed by atoms with Crippen molar-refractivity contribution in [3.8, 4) is 17.6 Å². The standard InChI is InChI=1S/C14H16N2O3/c1-14(2,18)8-6-10-4-5-11-13(15-10)16(3)12(17)7-9-19-11/h4-5,18H,7,9H2,1-3H3. The molecule has 5 nitrogen and oxygen atoms in total. The Morgan fingerprint density at radius 1 is 1.47 bits per heavy atom. The zero-order valence-electron chi connectivity index (χ0n) is 11.2. The molecule has 2 heterocycles. The topological polar surface area (TPSA) is 62.7 Å². The average molecular weight is 260 g/mol. The summed E-state index contributed by atoms with van der Waals surface area (Å²) in [6, 6.07) is 3.45. The summed E-state index contributed by atoms with van der Waals surface area (Å²) in [4.78, 5) is 17.5. The molecule has 0 saturated carbocycles. The zero-order valence-corrected chi connectivity index (χ0v) is 11.2. The number of carbonyl (C=O) groups excluding carboxylic acids is 1. The van der Waals surface area contributed by atoms with Crippen LogP contribution in [0.25, 0.3) is 0 Å². The Morgan fingerprint density at radius 2 is 2.21 bits per heavy atom. The van der Waals surface area contributed by atoms with E-state index in [2.05, 4.69) is 16.8 Å². The number of amides is 1. The van der Waals surface area contributed by atoms with E-state index in [0.717, 1.165) is 0 Å². The molecule has 1 amide bonds. The molecule has 1 aliphatic heterocycles. The van der Waals surface area contributed by atoms with Crippen molar-refractivity contribution in [3.05, 3.63) is 17.8 Å². The molecule has 0 spiro atoms. The van der Waals surface area contributed by atoms with E-state index >= 15 is 0 Å². The lowest BCUT2D eigenvalue weighted by atomic mass is 10.1. The van der Waals surface area contributed by atoms with Gasteiger partial charge >= 0.3 is 0 Å². The van der Waals surface area contributed by atoms with Gasteiger partial charge in [-0.1, -0.05) is 5.92 Å². The minimum absolute atomic E-state index is 0.0427. The highest BCUT2D eigenvalue weighted by Gasteiger charge is 2.21. The van der Waals surface area contributed by atoms with Crippen molar-refractivity contribution in [1.82, 2.24) is 4.98 Å². The van der Waals surface area contributed by atoms with Crippen LogP contribution in [0, 0.1) is 11.8 Å². The summed E-state index contributed by atoms with van der Waals surface area (Å²) in [6.45, 7) is 3.55. The highest BCUT2D eigenvalue weighted by molar-refractivity contribution is 5.93. The third-order valence-corrected chi connectivity index (χ3v) is 2.60. The van der Waals surface area contributed by atoms with Crippen LogP contribution in [0.15, 0.2) is 12.1 Å². The van der Waals surface area contributed by atoms with Gasteiger partial charge in [-0.25, -0.2) is 4.98 Å². The second-order valence-electron chi connectivity index (χ2n) is 4.88. The molecule has 1 aromatic rings. The van der Waals surface area contributed by atoms with Gasteiger partial charge in [0.1, 0.15) is 11.3 Å². The fourth-order valence-corrected chi connectivity index (χ4v) is 1.61. The number of nitrogens with zero attached hydrogens (tertiary/aromatic N) is 2. The van der Waals surface area contributed by atoms with E-state index in [4.69, 9.17) is 4.74 Å². The first-order valence-electron chi connectivity index (χ1n) is 6.03. The third-order valence-electron chi connectivity index (χ3n) is 2.60. The van der Waals surface area contributed by atoms with Crippen molar-refractivity contribution in [2.45, 2.75) is 25.9 Å². The largest absolute Gasteiger partial charge is 0.489 e. The molecular formula is C14H16N2O3. The normalized spacial score (nSPS) is 14.9. The number of anilines is 1. The number of rotatable bonds is 0. The Labute approximate surface area is 112 Å². The maximum absolute atomic E-state index is 11.7. The number of aliphatic hydroxyl groups is 1. The van der Waals surface area contributed by atoms with E-state index in [1.165, 1.54) is 4.90 Å². The van der Waals surface area contributed by atoms with Crippen LogP contribution in [-0.2, 0) is 4.79 Å². The van der Waals surface area contributed by atoms with Crippen LogP contribution in [-0.4, -0.2) is 35.3 Å². The van der Waals surface area contributed by atoms with Gasteiger partial charge in [0.05, 0.1) is 13.0 Å². The van der Waals surface area contributed by atoms with Crippen molar-refractivity contribution in [1.29, 1.82) is 0 Å². The van der Waals surface area contributed by atoms with Crippen molar-refractivity contribution < 1.29 is 14.6 Å². The summed E-state index contributed by atoms with van der Waals surface area (Å²) in [5.41, 5.74) is -0.585. The van der Waals surface area contributed by atoms with E-state index < -0.39 is 5.60 Å². The van der Waals surface area contributed by atoms with Crippen LogP contribution in [0.2, 0.25) is 0 Å². The van der Waals surface area contributed by atoms with Gasteiger partial charge in [-0.05, 0) is 31.9 Å². The van der Waals surface area contributed by atoms with Gasteiger partial charge in [0.25, 0.3) is 0 Å². The Kier molecular flexibility index (Phi) is 3.45. The highest BCUT2D eigenvalue weighted by atomic mass is 16.5. The molecule has 1 N–H and O–H groups in total. The lowest BCUT2D eigenvalue weighted by molar-refractivity contribution is -0.118. The van der Waals surface area contributed by atoms with Gasteiger partial charge in [-0.2, -0.15) is 0 Å². The number of hydrogen-bond donors (Lipinski definition) is 1. The fraction of sp³-hybridized carbons (Fsp3) is 0.429. The van der Waals surface area contributed by atoms with E-state index in [0.29, 0.717) is 30.3 Å². The summed E-state index contributed by atoms with van der Waals surface area (Å²) >= 11 is 0. The molecule has 0 bridgehead atoms. The van der Waals surface area contributed by atoms with Crippen LogP contribution in [0.4, 0.5) is 5.82 Å². The van der Waals surface area contributed by atoms with Gasteiger partial charge in [0.15, 0.2) is 11.6 Å². The van der Waals surface area contributed by atoms with Crippen LogP contribution < -0.4 is 9.64 Å². The number of aromatic nitrogens is 1. The lowest BCUT2D eigenvalue weighted by Gasteiger charge is -2.14. The molecule has 0 saturated heterocycles.